The van der Waals surface area contributed by atoms with Crippen LogP contribution in [0.4, 0.5) is 0 Å². The monoisotopic (exact) mass is 258 g/mol. The van der Waals surface area contributed by atoms with Crippen molar-refractivity contribution in [2.75, 3.05) is 0 Å². The smallest absolute Gasteiger partial charge is 0.166 e. The molecule has 2 heterocycles. The topological polar surface area (TPSA) is 4.10 Å². The molecule has 0 unspecified atom stereocenters. The molecule has 0 aliphatic carbocycles. The van der Waals surface area contributed by atoms with E-state index in [1.807, 2.05) is 0 Å². The average molecular weight is 258 g/mol. The molecule has 0 atom stereocenters. The molecular weight excluding hydrogens is 242 g/mol. The fourth-order valence-corrected chi connectivity index (χ4v) is 3.25. The van der Waals surface area contributed by atoms with E-state index in [9.17, 15) is 0 Å². The van der Waals surface area contributed by atoms with E-state index >= 15 is 0 Å². The molecule has 0 aliphatic heterocycles. The van der Waals surface area contributed by atoms with Gasteiger partial charge >= 0.3 is 0 Å². The Morgan fingerprint density at radius 1 is 0.800 bits per heavy atom. The highest BCUT2D eigenvalue weighted by Gasteiger charge is 2.14. The maximum absolute atomic E-state index is 2.30. The highest BCUT2D eigenvalue weighted by molar-refractivity contribution is 6.07. The van der Waals surface area contributed by atoms with Gasteiger partial charge in [-0.2, -0.15) is 4.40 Å². The third-order valence-corrected chi connectivity index (χ3v) is 4.22. The van der Waals surface area contributed by atoms with Crippen LogP contribution in [0.5, 0.6) is 0 Å². The number of pyridine rings is 2. The summed E-state index contributed by atoms with van der Waals surface area (Å²) in [6.45, 7) is 4.42. The van der Waals surface area contributed by atoms with E-state index in [0.717, 1.165) is 0 Å². The molecule has 0 aliphatic rings. The summed E-state index contributed by atoms with van der Waals surface area (Å²) in [5, 5.41) is 5.34. The van der Waals surface area contributed by atoms with Crippen LogP contribution in [-0.2, 0) is 0 Å². The largest absolute Gasteiger partial charge is 0.221 e. The van der Waals surface area contributed by atoms with E-state index in [1.165, 1.54) is 38.2 Å². The second kappa shape index (κ2) is 4.04. The lowest BCUT2D eigenvalue weighted by atomic mass is 9.96. The fourth-order valence-electron chi connectivity index (χ4n) is 3.25. The standard InChI is InChI=1S/C19H16N/c1-13-6-5-10-20-11-9-16-12-15-7-3-4-8-17(15)14(2)18(16)19(13)20/h3-12H,1-2H3/q+1. The number of hydrogen-bond donors (Lipinski definition) is 0. The quantitative estimate of drug-likeness (QED) is 0.251. The summed E-state index contributed by atoms with van der Waals surface area (Å²) in [6.07, 6.45) is 4.27. The Kier molecular flexibility index (Phi) is 2.31. The van der Waals surface area contributed by atoms with E-state index in [0.29, 0.717) is 0 Å². The second-order valence-corrected chi connectivity index (χ2v) is 5.45. The van der Waals surface area contributed by atoms with Gasteiger partial charge in [-0.15, -0.1) is 0 Å². The molecule has 1 heteroatoms. The molecule has 96 valence electrons. The zero-order valence-electron chi connectivity index (χ0n) is 11.7. The number of fused-ring (bicyclic) bond motifs is 4. The van der Waals surface area contributed by atoms with Crippen LogP contribution >= 0.6 is 0 Å². The first-order valence-electron chi connectivity index (χ1n) is 6.97. The van der Waals surface area contributed by atoms with Crippen molar-refractivity contribution in [3.8, 4) is 0 Å². The fraction of sp³-hybridized carbons (Fsp3) is 0.105. The molecule has 0 amide bonds. The molecule has 20 heavy (non-hydrogen) atoms. The van der Waals surface area contributed by atoms with Gasteiger partial charge in [-0.3, -0.25) is 0 Å². The Hall–Kier alpha value is -2.41. The maximum Gasteiger partial charge on any atom is 0.221 e. The Morgan fingerprint density at radius 3 is 2.55 bits per heavy atom. The van der Waals surface area contributed by atoms with Crippen LogP contribution in [0.15, 0.2) is 60.9 Å². The lowest BCUT2D eigenvalue weighted by Gasteiger charge is -2.08. The lowest BCUT2D eigenvalue weighted by Crippen LogP contribution is -2.21. The third-order valence-electron chi connectivity index (χ3n) is 4.22. The molecular formula is C19H16N+. The van der Waals surface area contributed by atoms with Crippen molar-refractivity contribution in [1.82, 2.24) is 0 Å². The first-order valence-corrected chi connectivity index (χ1v) is 6.97. The van der Waals surface area contributed by atoms with Crippen molar-refractivity contribution >= 4 is 27.1 Å². The molecule has 0 N–H and O–H groups in total. The molecule has 2 aromatic heterocycles. The van der Waals surface area contributed by atoms with Gasteiger partial charge in [0.15, 0.2) is 12.4 Å². The molecule has 4 aromatic rings. The minimum Gasteiger partial charge on any atom is -0.166 e. The normalized spacial score (nSPS) is 11.5. The summed E-state index contributed by atoms with van der Waals surface area (Å²) in [5.41, 5.74) is 4.00. The Labute approximate surface area is 118 Å². The molecule has 0 fully saturated rings. The van der Waals surface area contributed by atoms with Crippen LogP contribution in [-0.4, -0.2) is 0 Å². The highest BCUT2D eigenvalue weighted by atomic mass is 14.8. The van der Waals surface area contributed by atoms with E-state index in [2.05, 4.69) is 79.2 Å². The van der Waals surface area contributed by atoms with Gasteiger partial charge in [-0.25, -0.2) is 0 Å². The predicted molar refractivity (Wildman–Crippen MR) is 84.1 cm³/mol. The van der Waals surface area contributed by atoms with Gasteiger partial charge < -0.3 is 0 Å². The van der Waals surface area contributed by atoms with Gasteiger partial charge in [0.2, 0.25) is 5.52 Å². The van der Waals surface area contributed by atoms with Gasteiger partial charge in [0.05, 0.1) is 5.39 Å². The Bertz CT molecular complexity index is 967. The number of benzene rings is 2. The Morgan fingerprint density at radius 2 is 1.65 bits per heavy atom. The Balaban J connectivity index is 2.35. The summed E-state index contributed by atoms with van der Waals surface area (Å²) in [4.78, 5) is 0. The van der Waals surface area contributed by atoms with Crippen LogP contribution in [0.1, 0.15) is 11.1 Å². The average Bonchev–Trinajstić information content (AvgIpc) is 2.47. The molecule has 4 rings (SSSR count). The SMILES string of the molecule is Cc1c2ccccc2cc2cc[n+]3cccc(C)c3c12. The van der Waals surface area contributed by atoms with E-state index in [4.69, 9.17) is 0 Å². The van der Waals surface area contributed by atoms with Gasteiger partial charge in [-0.1, -0.05) is 24.3 Å². The number of aryl methyl sites for hydroxylation is 2. The van der Waals surface area contributed by atoms with Crippen molar-refractivity contribution < 1.29 is 4.40 Å². The summed E-state index contributed by atoms with van der Waals surface area (Å²) in [5.74, 6) is 0. The van der Waals surface area contributed by atoms with Gasteiger partial charge in [0, 0.05) is 17.7 Å². The summed E-state index contributed by atoms with van der Waals surface area (Å²) >= 11 is 0. The first-order chi connectivity index (χ1) is 9.75. The van der Waals surface area contributed by atoms with Crippen LogP contribution in [0.3, 0.4) is 0 Å². The third kappa shape index (κ3) is 1.47. The summed E-state index contributed by atoms with van der Waals surface area (Å²) in [7, 11) is 0. The van der Waals surface area contributed by atoms with Crippen LogP contribution in [0, 0.1) is 13.8 Å². The van der Waals surface area contributed by atoms with Crippen molar-refractivity contribution in [3.63, 3.8) is 0 Å². The molecule has 0 bridgehead atoms. The van der Waals surface area contributed by atoms with Gasteiger partial charge in [0.1, 0.15) is 0 Å². The van der Waals surface area contributed by atoms with Crippen molar-refractivity contribution in [2.24, 2.45) is 0 Å². The molecule has 0 radical (unpaired) electrons. The lowest BCUT2D eigenvalue weighted by molar-refractivity contribution is -0.511. The van der Waals surface area contributed by atoms with Crippen molar-refractivity contribution in [1.29, 1.82) is 0 Å². The minimum absolute atomic E-state index is 1.31. The number of rotatable bonds is 0. The summed E-state index contributed by atoms with van der Waals surface area (Å²) < 4.78 is 2.22. The molecule has 0 spiro atoms. The minimum atomic E-state index is 1.31. The van der Waals surface area contributed by atoms with E-state index < -0.39 is 0 Å². The summed E-state index contributed by atoms with van der Waals surface area (Å²) in [6, 6.07) is 17.4. The molecule has 1 nitrogen and oxygen atoms in total. The maximum atomic E-state index is 2.30. The van der Waals surface area contributed by atoms with Gasteiger partial charge in [-0.05, 0) is 47.7 Å². The van der Waals surface area contributed by atoms with Crippen LogP contribution < -0.4 is 4.40 Å². The second-order valence-electron chi connectivity index (χ2n) is 5.45. The zero-order valence-corrected chi connectivity index (χ0v) is 11.7. The van der Waals surface area contributed by atoms with E-state index in [-0.39, 0.29) is 0 Å². The highest BCUT2D eigenvalue weighted by Crippen LogP contribution is 2.30. The molecule has 0 saturated carbocycles. The van der Waals surface area contributed by atoms with Crippen LogP contribution in [0.25, 0.3) is 27.1 Å². The zero-order chi connectivity index (χ0) is 13.7. The predicted octanol–water partition coefficient (Wildman–Crippen LogP) is 4.35. The number of aromatic nitrogens is 1. The molecule has 2 aromatic carbocycles. The number of hydrogen-bond acceptors (Lipinski definition) is 0. The first kappa shape index (κ1) is 11.4. The molecule has 0 saturated heterocycles. The van der Waals surface area contributed by atoms with Crippen LogP contribution in [0.2, 0.25) is 0 Å². The van der Waals surface area contributed by atoms with Crippen molar-refractivity contribution in [2.45, 2.75) is 13.8 Å². The van der Waals surface area contributed by atoms with Crippen molar-refractivity contribution in [3.05, 3.63) is 72.1 Å². The van der Waals surface area contributed by atoms with E-state index in [1.54, 1.807) is 0 Å². The van der Waals surface area contributed by atoms with Gasteiger partial charge in [0.25, 0.3) is 0 Å². The number of nitrogens with zero attached hydrogens (tertiary/aromatic N) is 1.